The minimum atomic E-state index is 0.238. The highest BCUT2D eigenvalue weighted by Crippen LogP contribution is 2.33. The van der Waals surface area contributed by atoms with Crippen LogP contribution >= 0.6 is 11.3 Å². The molecule has 1 unspecified atom stereocenters. The summed E-state index contributed by atoms with van der Waals surface area (Å²) in [7, 11) is 0. The highest BCUT2D eigenvalue weighted by molar-refractivity contribution is 7.16. The first kappa shape index (κ1) is 12.7. The summed E-state index contributed by atoms with van der Waals surface area (Å²) >= 11 is 1.64. The van der Waals surface area contributed by atoms with E-state index in [1.54, 1.807) is 11.3 Å². The van der Waals surface area contributed by atoms with E-state index >= 15 is 0 Å². The van der Waals surface area contributed by atoms with Crippen molar-refractivity contribution in [2.24, 2.45) is 0 Å². The van der Waals surface area contributed by atoms with Crippen molar-refractivity contribution in [3.63, 3.8) is 0 Å². The van der Waals surface area contributed by atoms with Crippen molar-refractivity contribution in [1.29, 1.82) is 0 Å². The molecule has 7 heteroatoms. The monoisotopic (exact) mass is 293 g/mol. The number of nitrogens with zero attached hydrogens (tertiary/aromatic N) is 4. The summed E-state index contributed by atoms with van der Waals surface area (Å²) in [6.07, 6.45) is 6.16. The largest absolute Gasteiger partial charge is 0.375 e. The highest BCUT2D eigenvalue weighted by Gasteiger charge is 2.24. The van der Waals surface area contributed by atoms with E-state index in [-0.39, 0.29) is 6.10 Å². The molecule has 0 amide bonds. The number of morpholine rings is 1. The molecule has 0 bridgehead atoms. The number of aromatic nitrogens is 4. The lowest BCUT2D eigenvalue weighted by Crippen LogP contribution is -2.39. The highest BCUT2D eigenvalue weighted by atomic mass is 32.1. The molecule has 2 fully saturated rings. The molecule has 3 heterocycles. The molecule has 0 spiro atoms. The van der Waals surface area contributed by atoms with Crippen LogP contribution in [0.1, 0.15) is 42.4 Å². The molecular weight excluding hydrogens is 274 g/mol. The summed E-state index contributed by atoms with van der Waals surface area (Å²) in [5, 5.41) is 17.8. The molecule has 1 aliphatic heterocycles. The third-order valence-corrected chi connectivity index (χ3v) is 5.10. The number of hydrogen-bond donors (Lipinski definition) is 1. The normalized spacial score (nSPS) is 24.7. The molecule has 1 saturated heterocycles. The molecule has 0 radical (unpaired) electrons. The van der Waals surface area contributed by atoms with Crippen LogP contribution in [0.3, 0.4) is 0 Å². The van der Waals surface area contributed by atoms with E-state index in [2.05, 4.69) is 15.5 Å². The second kappa shape index (κ2) is 5.38. The van der Waals surface area contributed by atoms with Gasteiger partial charge in [-0.15, -0.1) is 10.2 Å². The van der Waals surface area contributed by atoms with E-state index < -0.39 is 0 Å². The van der Waals surface area contributed by atoms with Crippen LogP contribution in [0.15, 0.2) is 0 Å². The fraction of sp³-hybridized carbons (Fsp3) is 0.769. The van der Waals surface area contributed by atoms with Gasteiger partial charge in [-0.05, 0) is 12.8 Å². The van der Waals surface area contributed by atoms with Crippen LogP contribution < -0.4 is 5.32 Å². The van der Waals surface area contributed by atoms with Gasteiger partial charge in [-0.25, -0.2) is 0 Å². The van der Waals surface area contributed by atoms with Crippen LogP contribution in [0.4, 0.5) is 0 Å². The van der Waals surface area contributed by atoms with Crippen LogP contribution in [0.2, 0.25) is 0 Å². The van der Waals surface area contributed by atoms with Crippen LogP contribution in [0.5, 0.6) is 0 Å². The molecule has 2 aromatic heterocycles. The zero-order chi connectivity index (χ0) is 13.4. The van der Waals surface area contributed by atoms with E-state index in [9.17, 15) is 0 Å². The summed E-state index contributed by atoms with van der Waals surface area (Å²) in [6.45, 7) is 2.66. The van der Waals surface area contributed by atoms with Crippen molar-refractivity contribution in [2.75, 3.05) is 19.7 Å². The van der Waals surface area contributed by atoms with Crippen molar-refractivity contribution in [2.45, 2.75) is 44.1 Å². The Morgan fingerprint density at radius 3 is 3.00 bits per heavy atom. The van der Waals surface area contributed by atoms with E-state index in [1.165, 1.54) is 25.7 Å². The van der Waals surface area contributed by atoms with Gasteiger partial charge >= 0.3 is 0 Å². The SMILES string of the molecule is C1CCC(c2nnc3sc(CC4CNCCO4)nn23)C1. The molecule has 2 aromatic rings. The fourth-order valence-electron chi connectivity index (χ4n) is 3.14. The first-order valence-electron chi connectivity index (χ1n) is 7.43. The average Bonchev–Trinajstić information content (AvgIpc) is 3.15. The quantitative estimate of drug-likeness (QED) is 0.926. The first-order valence-corrected chi connectivity index (χ1v) is 8.25. The standard InChI is InChI=1S/C13H19N5OS/c1-2-4-9(3-1)12-15-16-13-18(12)17-11(20-13)7-10-8-14-5-6-19-10/h9-10,14H,1-8H2. The zero-order valence-electron chi connectivity index (χ0n) is 11.4. The molecule has 6 nitrogen and oxygen atoms in total. The molecule has 20 heavy (non-hydrogen) atoms. The lowest BCUT2D eigenvalue weighted by Gasteiger charge is -2.22. The molecule has 2 aliphatic rings. The Labute approximate surface area is 121 Å². The Hall–Kier alpha value is -1.05. The number of fused-ring (bicyclic) bond motifs is 1. The Balaban J connectivity index is 1.55. The summed E-state index contributed by atoms with van der Waals surface area (Å²) in [5.41, 5.74) is 0. The lowest BCUT2D eigenvalue weighted by molar-refractivity contribution is 0.0291. The van der Waals surface area contributed by atoms with E-state index in [0.717, 1.165) is 41.9 Å². The zero-order valence-corrected chi connectivity index (χ0v) is 12.2. The van der Waals surface area contributed by atoms with Gasteiger partial charge in [0.25, 0.3) is 0 Å². The number of ether oxygens (including phenoxy) is 1. The van der Waals surface area contributed by atoms with E-state index in [0.29, 0.717) is 5.92 Å². The third-order valence-electron chi connectivity index (χ3n) is 4.18. The molecule has 0 aromatic carbocycles. The van der Waals surface area contributed by atoms with Gasteiger partial charge in [-0.3, -0.25) is 0 Å². The summed E-state index contributed by atoms with van der Waals surface area (Å²) in [4.78, 5) is 0.922. The topological polar surface area (TPSA) is 64.3 Å². The summed E-state index contributed by atoms with van der Waals surface area (Å²) < 4.78 is 7.71. The van der Waals surface area contributed by atoms with Crippen molar-refractivity contribution < 1.29 is 4.74 Å². The van der Waals surface area contributed by atoms with Gasteiger partial charge in [0.05, 0.1) is 12.7 Å². The number of nitrogens with one attached hydrogen (secondary N) is 1. The molecule has 1 aliphatic carbocycles. The molecule has 1 saturated carbocycles. The van der Waals surface area contributed by atoms with Gasteiger partial charge in [0.1, 0.15) is 5.01 Å². The Kier molecular flexibility index (Phi) is 3.41. The smallest absolute Gasteiger partial charge is 0.234 e. The Bertz CT molecular complexity index is 583. The van der Waals surface area contributed by atoms with Crippen molar-refractivity contribution in [3.05, 3.63) is 10.8 Å². The number of rotatable bonds is 3. The molecule has 108 valence electrons. The van der Waals surface area contributed by atoms with Crippen LogP contribution in [0.25, 0.3) is 4.96 Å². The maximum absolute atomic E-state index is 5.74. The van der Waals surface area contributed by atoms with Gasteiger partial charge < -0.3 is 10.1 Å². The van der Waals surface area contributed by atoms with Gasteiger partial charge in [0.2, 0.25) is 4.96 Å². The summed E-state index contributed by atoms with van der Waals surface area (Å²) in [6, 6.07) is 0. The van der Waals surface area contributed by atoms with Gasteiger partial charge in [-0.1, -0.05) is 24.2 Å². The molecular formula is C13H19N5OS. The Morgan fingerprint density at radius 1 is 1.30 bits per heavy atom. The molecule has 1 N–H and O–H groups in total. The van der Waals surface area contributed by atoms with Gasteiger partial charge in [0, 0.05) is 25.4 Å². The maximum atomic E-state index is 5.74. The van der Waals surface area contributed by atoms with Crippen LogP contribution in [-0.4, -0.2) is 45.6 Å². The van der Waals surface area contributed by atoms with E-state index in [4.69, 9.17) is 9.84 Å². The van der Waals surface area contributed by atoms with E-state index in [1.807, 2.05) is 4.52 Å². The van der Waals surface area contributed by atoms with Crippen LogP contribution in [0, 0.1) is 0 Å². The van der Waals surface area contributed by atoms with Crippen LogP contribution in [-0.2, 0) is 11.2 Å². The van der Waals surface area contributed by atoms with Gasteiger partial charge in [-0.2, -0.15) is 9.61 Å². The molecule has 4 rings (SSSR count). The third kappa shape index (κ3) is 2.34. The minimum absolute atomic E-state index is 0.238. The average molecular weight is 293 g/mol. The Morgan fingerprint density at radius 2 is 2.20 bits per heavy atom. The lowest BCUT2D eigenvalue weighted by atomic mass is 10.1. The predicted octanol–water partition coefficient (Wildman–Crippen LogP) is 1.37. The second-order valence-electron chi connectivity index (χ2n) is 5.63. The van der Waals surface area contributed by atoms with Crippen molar-refractivity contribution >= 4 is 16.3 Å². The van der Waals surface area contributed by atoms with Gasteiger partial charge in [0.15, 0.2) is 5.82 Å². The second-order valence-corrected chi connectivity index (χ2v) is 6.67. The fourth-order valence-corrected chi connectivity index (χ4v) is 4.04. The van der Waals surface area contributed by atoms with Crippen molar-refractivity contribution in [3.8, 4) is 0 Å². The summed E-state index contributed by atoms with van der Waals surface area (Å²) in [5.74, 6) is 1.61. The molecule has 1 atom stereocenters. The minimum Gasteiger partial charge on any atom is -0.375 e. The predicted molar refractivity (Wildman–Crippen MR) is 76.2 cm³/mol. The number of hydrogen-bond acceptors (Lipinski definition) is 6. The van der Waals surface area contributed by atoms with Crippen molar-refractivity contribution in [1.82, 2.24) is 25.1 Å². The first-order chi connectivity index (χ1) is 9.90. The maximum Gasteiger partial charge on any atom is 0.234 e.